The summed E-state index contributed by atoms with van der Waals surface area (Å²) < 4.78 is 2.54. The van der Waals surface area contributed by atoms with Crippen LogP contribution in [0.1, 0.15) is 25.0 Å². The lowest BCUT2D eigenvalue weighted by molar-refractivity contribution is 0.662. The Morgan fingerprint density at radius 3 is 1.59 bits per heavy atom. The Balaban J connectivity index is 0.932. The molecule has 1 aliphatic heterocycles. The lowest BCUT2D eigenvalue weighted by atomic mass is 9.78. The smallest absolute Gasteiger partial charge is 0.164 e. The molecule has 11 aromatic carbocycles. The number of rotatable bonds is 7. The first-order chi connectivity index (χ1) is 36.4. The predicted molar refractivity (Wildman–Crippen MR) is 306 cm³/mol. The summed E-state index contributed by atoms with van der Waals surface area (Å²) in [6.45, 7) is 4.83. The third kappa shape index (κ3) is 6.44. The number of para-hydroxylation sites is 2. The van der Waals surface area contributed by atoms with Gasteiger partial charge in [0.15, 0.2) is 17.5 Å². The van der Waals surface area contributed by atoms with Gasteiger partial charge >= 0.3 is 0 Å². The summed E-state index contributed by atoms with van der Waals surface area (Å²) >= 11 is 0. The van der Waals surface area contributed by atoms with Crippen molar-refractivity contribution in [3.63, 3.8) is 0 Å². The second-order valence-corrected chi connectivity index (χ2v) is 20.3. The highest BCUT2D eigenvalue weighted by atomic mass is 15.0. The lowest BCUT2D eigenvalue weighted by Crippen LogP contribution is -2.16. The van der Waals surface area contributed by atoms with Gasteiger partial charge in [0.2, 0.25) is 0 Å². The van der Waals surface area contributed by atoms with Gasteiger partial charge in [0.05, 0.1) is 16.7 Å². The second-order valence-electron chi connectivity index (χ2n) is 20.3. The van der Waals surface area contributed by atoms with Crippen LogP contribution in [0.25, 0.3) is 139 Å². The predicted octanol–water partition coefficient (Wildman–Crippen LogP) is 18.1. The Morgan fingerprint density at radius 2 is 0.865 bits per heavy atom. The van der Waals surface area contributed by atoms with Gasteiger partial charge in [0.25, 0.3) is 0 Å². The fraction of sp³-hybridized carbons (Fsp3) is 0.0429. The van der Waals surface area contributed by atoms with E-state index in [1.165, 1.54) is 72.0 Å². The van der Waals surface area contributed by atoms with Crippen LogP contribution in [-0.4, -0.2) is 19.5 Å². The Bertz CT molecular complexity index is 4360. The van der Waals surface area contributed by atoms with Crippen LogP contribution in [0.3, 0.4) is 0 Å². The molecular weight excluding hydrogens is 897 g/mol. The minimum atomic E-state index is -0.260. The van der Waals surface area contributed by atoms with E-state index in [0.29, 0.717) is 17.5 Å². The molecule has 0 amide bonds. The van der Waals surface area contributed by atoms with Crippen LogP contribution in [0, 0.1) is 0 Å². The van der Waals surface area contributed by atoms with Crippen molar-refractivity contribution in [1.29, 1.82) is 0 Å². The molecule has 4 nitrogen and oxygen atoms in total. The number of nitrogens with zero attached hydrogens (tertiary/aromatic N) is 4. The summed E-state index contributed by atoms with van der Waals surface area (Å²) in [6.07, 6.45) is 0. The van der Waals surface area contributed by atoms with E-state index < -0.39 is 0 Å². The summed E-state index contributed by atoms with van der Waals surface area (Å²) in [5.41, 5.74) is 23.5. The molecule has 1 aliphatic carbocycles. The number of hydrogen-bond donors (Lipinski definition) is 0. The highest BCUT2D eigenvalue weighted by Gasteiger charge is 2.43. The fourth-order valence-electron chi connectivity index (χ4n) is 12.3. The first-order valence-corrected chi connectivity index (χ1v) is 25.5. The minimum absolute atomic E-state index is 0.260. The molecule has 346 valence electrons. The minimum Gasteiger partial charge on any atom is -0.308 e. The molecule has 0 spiro atoms. The third-order valence-corrected chi connectivity index (χ3v) is 15.7. The van der Waals surface area contributed by atoms with Crippen molar-refractivity contribution in [1.82, 2.24) is 19.5 Å². The second kappa shape index (κ2) is 16.3. The van der Waals surface area contributed by atoms with Crippen LogP contribution in [-0.2, 0) is 5.41 Å². The molecule has 4 heteroatoms. The quantitative estimate of drug-likeness (QED) is 0.160. The van der Waals surface area contributed by atoms with Crippen molar-refractivity contribution < 1.29 is 0 Å². The van der Waals surface area contributed by atoms with Gasteiger partial charge in [-0.05, 0) is 120 Å². The molecule has 0 bridgehead atoms. The normalized spacial score (nSPS) is 12.8. The monoisotopic (exact) mass is 942 g/mol. The lowest BCUT2D eigenvalue weighted by Gasteiger charge is -2.26. The summed E-state index contributed by atoms with van der Waals surface area (Å²) in [5.74, 6) is 1.86. The van der Waals surface area contributed by atoms with E-state index in [-0.39, 0.29) is 5.41 Å². The van der Waals surface area contributed by atoms with E-state index in [4.69, 9.17) is 15.0 Å². The molecule has 13 aromatic rings. The van der Waals surface area contributed by atoms with Gasteiger partial charge in [-0.25, -0.2) is 15.0 Å². The topological polar surface area (TPSA) is 43.6 Å². The third-order valence-electron chi connectivity index (χ3n) is 15.7. The van der Waals surface area contributed by atoms with E-state index in [0.717, 1.165) is 60.8 Å². The zero-order valence-corrected chi connectivity index (χ0v) is 40.9. The molecule has 15 rings (SSSR count). The molecule has 0 N–H and O–H groups in total. The van der Waals surface area contributed by atoms with E-state index in [1.807, 2.05) is 0 Å². The van der Waals surface area contributed by atoms with Crippen molar-refractivity contribution in [3.05, 3.63) is 254 Å². The Labute approximate surface area is 429 Å². The number of benzene rings is 11. The average molecular weight is 943 g/mol. The Kier molecular flexibility index (Phi) is 9.27. The molecule has 0 radical (unpaired) electrons. The van der Waals surface area contributed by atoms with E-state index >= 15 is 0 Å². The van der Waals surface area contributed by atoms with Gasteiger partial charge in [0.1, 0.15) is 0 Å². The van der Waals surface area contributed by atoms with Gasteiger partial charge in [-0.2, -0.15) is 0 Å². The van der Waals surface area contributed by atoms with Gasteiger partial charge < -0.3 is 4.57 Å². The molecule has 74 heavy (non-hydrogen) atoms. The fourth-order valence-corrected chi connectivity index (χ4v) is 12.3. The van der Waals surface area contributed by atoms with Gasteiger partial charge in [-0.1, -0.05) is 214 Å². The van der Waals surface area contributed by atoms with Crippen molar-refractivity contribution in [2.24, 2.45) is 0 Å². The average Bonchev–Trinajstić information content (AvgIpc) is 3.90. The largest absolute Gasteiger partial charge is 0.308 e. The molecule has 2 aromatic heterocycles. The summed E-state index contributed by atoms with van der Waals surface area (Å²) in [7, 11) is 0. The molecule has 0 fully saturated rings. The SMILES string of the molecule is CC1(C)c2cccc3c2-c2c1c(-c1ccc4c(-c5nc(-c6ccc(-c7ccccc7)cc6)nc(-c6cc(-c7ccccc7)cc(-c7ccccc7)c6)n5)cccc4c1)cc1c4ccccc4n(c21)-c1ccccc1-3. The molecule has 3 heterocycles. The number of aromatic nitrogens is 4. The highest BCUT2D eigenvalue weighted by molar-refractivity contribution is 6.20. The number of hydrogen-bond acceptors (Lipinski definition) is 3. The molecule has 0 unspecified atom stereocenters. The summed E-state index contributed by atoms with van der Waals surface area (Å²) in [6, 6.07) is 87.7. The highest BCUT2D eigenvalue weighted by Crippen LogP contribution is 2.60. The van der Waals surface area contributed by atoms with Crippen LogP contribution in [0.4, 0.5) is 0 Å². The Hall–Kier alpha value is -9.51. The van der Waals surface area contributed by atoms with E-state index in [1.54, 1.807) is 0 Å². The maximum Gasteiger partial charge on any atom is 0.164 e. The van der Waals surface area contributed by atoms with Crippen molar-refractivity contribution in [2.45, 2.75) is 19.3 Å². The maximum atomic E-state index is 5.43. The van der Waals surface area contributed by atoms with Crippen molar-refractivity contribution in [3.8, 4) is 107 Å². The summed E-state index contributed by atoms with van der Waals surface area (Å²) in [4.78, 5) is 16.1. The van der Waals surface area contributed by atoms with Gasteiger partial charge in [0, 0.05) is 44.0 Å². The van der Waals surface area contributed by atoms with Crippen LogP contribution in [0.5, 0.6) is 0 Å². The zero-order valence-electron chi connectivity index (χ0n) is 40.9. The summed E-state index contributed by atoms with van der Waals surface area (Å²) in [5, 5.41) is 4.73. The molecule has 0 atom stereocenters. The van der Waals surface area contributed by atoms with Crippen LogP contribution < -0.4 is 0 Å². The van der Waals surface area contributed by atoms with Gasteiger partial charge in [-0.15, -0.1) is 0 Å². The molecular formula is C70H46N4. The van der Waals surface area contributed by atoms with E-state index in [2.05, 4.69) is 261 Å². The molecule has 2 aliphatic rings. The first kappa shape index (κ1) is 42.2. The first-order valence-electron chi connectivity index (χ1n) is 25.5. The molecule has 0 saturated carbocycles. The standard InChI is InChI=1S/C70H46N4/c1-70(2)60-29-17-27-56-54-25-12-14-30-61(54)74-62-31-15-13-26-55(62)59-42-58(65(70)64(63(56)60)66(59)74)49-36-37-53-48(38-49)24-16-28-57(53)69-72-67(47-34-32-46(33-35-47)43-18-6-3-7-19-43)71-68(73-69)52-40-50(44-20-8-4-9-21-44)39-51(41-52)45-22-10-5-11-23-45/h3-42H,1-2H3. The van der Waals surface area contributed by atoms with Crippen molar-refractivity contribution >= 4 is 32.6 Å². The number of fused-ring (bicyclic) bond motifs is 7. The molecule has 0 saturated heterocycles. The maximum absolute atomic E-state index is 5.43. The Morgan fingerprint density at radius 1 is 0.324 bits per heavy atom. The van der Waals surface area contributed by atoms with Crippen LogP contribution in [0.15, 0.2) is 243 Å². The van der Waals surface area contributed by atoms with E-state index in [9.17, 15) is 0 Å². The zero-order chi connectivity index (χ0) is 49.1. The van der Waals surface area contributed by atoms with Crippen molar-refractivity contribution in [2.75, 3.05) is 0 Å². The van der Waals surface area contributed by atoms with Crippen LogP contribution in [0.2, 0.25) is 0 Å². The van der Waals surface area contributed by atoms with Crippen LogP contribution >= 0.6 is 0 Å². The van der Waals surface area contributed by atoms with Gasteiger partial charge in [-0.3, -0.25) is 0 Å².